The molecule has 0 aromatic heterocycles. The molecule has 5 heteroatoms. The van der Waals surface area contributed by atoms with Gasteiger partial charge in [-0.25, -0.2) is 4.39 Å². The first-order valence-corrected chi connectivity index (χ1v) is 4.04. The van der Waals surface area contributed by atoms with E-state index in [1.54, 1.807) is 0 Å². The largest absolute Gasteiger partial charge is 0.492 e. The zero-order chi connectivity index (χ0) is 10.6. The van der Waals surface area contributed by atoms with Gasteiger partial charge in [0.15, 0.2) is 0 Å². The Morgan fingerprint density at radius 3 is 2.79 bits per heavy atom. The summed E-state index contributed by atoms with van der Waals surface area (Å²) in [6, 6.07) is 3.49. The fourth-order valence-electron chi connectivity index (χ4n) is 0.995. The number of rotatable bonds is 4. The van der Waals surface area contributed by atoms with Gasteiger partial charge in [-0.15, -0.1) is 0 Å². The van der Waals surface area contributed by atoms with E-state index in [1.165, 1.54) is 12.1 Å². The summed E-state index contributed by atoms with van der Waals surface area (Å²) in [5.74, 6) is -0.381. The first-order valence-electron chi connectivity index (χ1n) is 4.04. The van der Waals surface area contributed by atoms with Crippen LogP contribution in [-0.2, 0) is 0 Å². The summed E-state index contributed by atoms with van der Waals surface area (Å²) in [5.41, 5.74) is 0.133. The molecule has 0 saturated heterocycles. The Labute approximate surface area is 81.6 Å². The van der Waals surface area contributed by atoms with Crippen molar-refractivity contribution in [2.24, 2.45) is 0 Å². The summed E-state index contributed by atoms with van der Waals surface area (Å²) >= 11 is 0. The van der Waals surface area contributed by atoms with Crippen LogP contribution in [0.5, 0.6) is 5.75 Å². The summed E-state index contributed by atoms with van der Waals surface area (Å²) in [6.07, 6.45) is 1.48. The van der Waals surface area contributed by atoms with Gasteiger partial charge >= 0.3 is 7.12 Å². The lowest BCUT2D eigenvalue weighted by Crippen LogP contribution is -2.31. The van der Waals surface area contributed by atoms with Gasteiger partial charge in [-0.1, -0.05) is 18.7 Å². The van der Waals surface area contributed by atoms with Gasteiger partial charge in [0.25, 0.3) is 0 Å². The summed E-state index contributed by atoms with van der Waals surface area (Å²) in [7, 11) is -1.67. The van der Waals surface area contributed by atoms with Crippen LogP contribution >= 0.6 is 0 Å². The number of hydrogen-bond donors (Lipinski definition) is 2. The Hall–Kier alpha value is -1.33. The Bertz CT molecular complexity index is 328. The smallest absolute Gasteiger partial charge is 0.490 e. The maximum Gasteiger partial charge on any atom is 0.492 e. The highest BCUT2D eigenvalue weighted by molar-refractivity contribution is 6.59. The molecule has 0 aliphatic rings. The quantitative estimate of drug-likeness (QED) is 0.529. The van der Waals surface area contributed by atoms with Crippen molar-refractivity contribution in [3.8, 4) is 5.75 Å². The second-order valence-electron chi connectivity index (χ2n) is 2.66. The maximum atomic E-state index is 12.8. The minimum absolute atomic E-state index is 0.111. The molecule has 1 aromatic rings. The number of benzene rings is 1. The zero-order valence-corrected chi connectivity index (χ0v) is 7.48. The fraction of sp³-hybridized carbons (Fsp3) is 0.111. The van der Waals surface area contributed by atoms with Crippen LogP contribution in [0.3, 0.4) is 0 Å². The van der Waals surface area contributed by atoms with Gasteiger partial charge < -0.3 is 14.8 Å². The van der Waals surface area contributed by atoms with Gasteiger partial charge in [-0.05, 0) is 6.07 Å². The molecule has 0 aliphatic carbocycles. The summed E-state index contributed by atoms with van der Waals surface area (Å²) in [4.78, 5) is 0. The van der Waals surface area contributed by atoms with Crippen LogP contribution in [0, 0.1) is 5.82 Å². The van der Waals surface area contributed by atoms with Crippen molar-refractivity contribution in [3.63, 3.8) is 0 Å². The van der Waals surface area contributed by atoms with E-state index in [-0.39, 0.29) is 17.8 Å². The predicted octanol–water partition coefficient (Wildman–Crippen LogP) is 0.0703. The highest BCUT2D eigenvalue weighted by Crippen LogP contribution is 2.10. The molecule has 1 rings (SSSR count). The van der Waals surface area contributed by atoms with Crippen LogP contribution in [0.1, 0.15) is 0 Å². The third kappa shape index (κ3) is 2.58. The van der Waals surface area contributed by atoms with Crippen molar-refractivity contribution in [1.29, 1.82) is 0 Å². The molecule has 0 atom stereocenters. The van der Waals surface area contributed by atoms with Crippen LogP contribution in [0.15, 0.2) is 30.9 Å². The SMILES string of the molecule is C=CCOc1cc(F)ccc1B(O)O. The minimum Gasteiger partial charge on any atom is -0.490 e. The monoisotopic (exact) mass is 196 g/mol. The van der Waals surface area contributed by atoms with Crippen LogP contribution in [0.4, 0.5) is 4.39 Å². The van der Waals surface area contributed by atoms with E-state index in [9.17, 15) is 4.39 Å². The van der Waals surface area contributed by atoms with E-state index in [4.69, 9.17) is 14.8 Å². The number of halogens is 1. The Morgan fingerprint density at radius 2 is 2.21 bits per heavy atom. The Kier molecular flexibility index (Phi) is 3.68. The normalized spacial score (nSPS) is 9.64. The Morgan fingerprint density at radius 1 is 1.50 bits per heavy atom. The highest BCUT2D eigenvalue weighted by atomic mass is 19.1. The average Bonchev–Trinajstić information content (AvgIpc) is 2.14. The van der Waals surface area contributed by atoms with E-state index in [1.807, 2.05) is 0 Å². The van der Waals surface area contributed by atoms with Crippen LogP contribution in [0.2, 0.25) is 0 Å². The maximum absolute atomic E-state index is 12.8. The van der Waals surface area contributed by atoms with Gasteiger partial charge in [0.05, 0.1) is 0 Å². The molecule has 0 radical (unpaired) electrons. The molecule has 14 heavy (non-hydrogen) atoms. The van der Waals surface area contributed by atoms with E-state index in [0.717, 1.165) is 12.1 Å². The standard InChI is InChI=1S/C9H10BFO3/c1-2-5-14-9-6-7(11)3-4-8(9)10(12)13/h2-4,6,12-13H,1,5H2. The van der Waals surface area contributed by atoms with E-state index >= 15 is 0 Å². The molecule has 2 N–H and O–H groups in total. The molecule has 0 saturated carbocycles. The minimum atomic E-state index is -1.67. The van der Waals surface area contributed by atoms with Crippen molar-refractivity contribution in [2.75, 3.05) is 6.61 Å². The van der Waals surface area contributed by atoms with Crippen molar-refractivity contribution in [3.05, 3.63) is 36.7 Å². The summed E-state index contributed by atoms with van der Waals surface area (Å²) in [6.45, 7) is 3.61. The first-order chi connectivity index (χ1) is 6.65. The lowest BCUT2D eigenvalue weighted by Gasteiger charge is -2.09. The first kappa shape index (κ1) is 10.8. The van der Waals surface area contributed by atoms with Crippen LogP contribution < -0.4 is 10.2 Å². The van der Waals surface area contributed by atoms with Crippen molar-refractivity contribution in [2.45, 2.75) is 0 Å². The lowest BCUT2D eigenvalue weighted by molar-refractivity contribution is 0.359. The third-order valence-electron chi connectivity index (χ3n) is 1.61. The molecule has 0 unspecified atom stereocenters. The van der Waals surface area contributed by atoms with Crippen molar-refractivity contribution in [1.82, 2.24) is 0 Å². The molecule has 1 aromatic carbocycles. The molecule has 0 heterocycles. The molecule has 0 bridgehead atoms. The highest BCUT2D eigenvalue weighted by Gasteiger charge is 2.17. The van der Waals surface area contributed by atoms with Gasteiger partial charge in [0, 0.05) is 11.5 Å². The molecule has 0 fully saturated rings. The van der Waals surface area contributed by atoms with Crippen LogP contribution in [-0.4, -0.2) is 23.8 Å². The van der Waals surface area contributed by atoms with Crippen molar-refractivity contribution < 1.29 is 19.2 Å². The summed E-state index contributed by atoms with van der Waals surface area (Å²) in [5, 5.41) is 17.8. The fourth-order valence-corrected chi connectivity index (χ4v) is 0.995. The molecular weight excluding hydrogens is 186 g/mol. The van der Waals surface area contributed by atoms with E-state index < -0.39 is 12.9 Å². The van der Waals surface area contributed by atoms with Gasteiger partial charge in [0.2, 0.25) is 0 Å². The van der Waals surface area contributed by atoms with E-state index in [0.29, 0.717) is 0 Å². The molecular formula is C9H10BFO3. The second kappa shape index (κ2) is 4.78. The zero-order valence-electron chi connectivity index (χ0n) is 7.48. The molecule has 0 aliphatic heterocycles. The van der Waals surface area contributed by atoms with Crippen LogP contribution in [0.25, 0.3) is 0 Å². The number of ether oxygens (including phenoxy) is 1. The molecule has 0 amide bonds. The Balaban J connectivity index is 2.96. The third-order valence-corrected chi connectivity index (χ3v) is 1.61. The van der Waals surface area contributed by atoms with Gasteiger partial charge in [-0.3, -0.25) is 0 Å². The lowest BCUT2D eigenvalue weighted by atomic mass is 9.79. The average molecular weight is 196 g/mol. The second-order valence-corrected chi connectivity index (χ2v) is 2.66. The predicted molar refractivity (Wildman–Crippen MR) is 51.9 cm³/mol. The molecule has 74 valence electrons. The van der Waals surface area contributed by atoms with E-state index in [2.05, 4.69) is 6.58 Å². The topological polar surface area (TPSA) is 49.7 Å². The number of hydrogen-bond acceptors (Lipinski definition) is 3. The van der Waals surface area contributed by atoms with Gasteiger partial charge in [0.1, 0.15) is 18.2 Å². The molecule has 0 spiro atoms. The molecule has 3 nitrogen and oxygen atoms in total. The van der Waals surface area contributed by atoms with Crippen molar-refractivity contribution >= 4 is 12.6 Å². The van der Waals surface area contributed by atoms with Gasteiger partial charge in [-0.2, -0.15) is 0 Å². The summed E-state index contributed by atoms with van der Waals surface area (Å²) < 4.78 is 17.8.